The zero-order chi connectivity index (χ0) is 11.0. The van der Waals surface area contributed by atoms with Gasteiger partial charge in [0.1, 0.15) is 5.82 Å². The fourth-order valence-corrected chi connectivity index (χ4v) is 1.56. The maximum Gasteiger partial charge on any atom is 0.165 e. The van der Waals surface area contributed by atoms with E-state index in [0.29, 0.717) is 11.1 Å². The van der Waals surface area contributed by atoms with Gasteiger partial charge < -0.3 is 10.4 Å². The Labute approximate surface area is 85.2 Å². The van der Waals surface area contributed by atoms with Crippen molar-refractivity contribution >= 4 is 16.5 Å². The van der Waals surface area contributed by atoms with Crippen molar-refractivity contribution in [2.75, 3.05) is 12.4 Å². The molecule has 0 aliphatic rings. The van der Waals surface area contributed by atoms with E-state index < -0.39 is 17.4 Å². The molecule has 0 aromatic heterocycles. The van der Waals surface area contributed by atoms with Crippen molar-refractivity contribution in [1.82, 2.24) is 0 Å². The lowest BCUT2D eigenvalue weighted by molar-refractivity contribution is 0.438. The second-order valence-electron chi connectivity index (χ2n) is 3.19. The third-order valence-electron chi connectivity index (χ3n) is 2.29. The molecule has 2 aromatic rings. The largest absolute Gasteiger partial charge is 0.504 e. The molecule has 0 unspecified atom stereocenters. The van der Waals surface area contributed by atoms with E-state index in [1.807, 2.05) is 0 Å². The molecule has 0 aliphatic carbocycles. The van der Waals surface area contributed by atoms with Crippen LogP contribution in [0, 0.1) is 11.6 Å². The van der Waals surface area contributed by atoms with Gasteiger partial charge >= 0.3 is 0 Å². The number of phenolic OH excluding ortho intramolecular Hbond substituents is 1. The first kappa shape index (κ1) is 9.71. The van der Waals surface area contributed by atoms with Crippen LogP contribution in [-0.4, -0.2) is 12.2 Å². The molecule has 0 fully saturated rings. The third-order valence-corrected chi connectivity index (χ3v) is 2.29. The van der Waals surface area contributed by atoms with Crippen molar-refractivity contribution in [3.05, 3.63) is 35.9 Å². The van der Waals surface area contributed by atoms with Crippen LogP contribution in [0.4, 0.5) is 14.5 Å². The van der Waals surface area contributed by atoms with Crippen molar-refractivity contribution in [2.45, 2.75) is 0 Å². The molecule has 0 heterocycles. The lowest BCUT2D eigenvalue weighted by Gasteiger charge is -2.08. The minimum atomic E-state index is -0.754. The Morgan fingerprint density at radius 2 is 1.87 bits per heavy atom. The highest BCUT2D eigenvalue weighted by Gasteiger charge is 2.10. The first-order valence-electron chi connectivity index (χ1n) is 4.42. The topological polar surface area (TPSA) is 32.3 Å². The van der Waals surface area contributed by atoms with Crippen LogP contribution in [0.3, 0.4) is 0 Å². The van der Waals surface area contributed by atoms with Crippen molar-refractivity contribution in [1.29, 1.82) is 0 Å². The van der Waals surface area contributed by atoms with Crippen LogP contribution in [0.15, 0.2) is 24.3 Å². The molecule has 2 nitrogen and oxygen atoms in total. The molecule has 0 aliphatic heterocycles. The standard InChI is InChI=1S/C11H9F2NO/c1-14-10-5-6(12)4-8-7(10)2-3-9(13)11(8)15/h2-5,14-15H,1H3. The molecule has 0 radical (unpaired) electrons. The van der Waals surface area contributed by atoms with Gasteiger partial charge in [0.15, 0.2) is 11.6 Å². The number of benzene rings is 2. The number of anilines is 1. The number of hydrogen-bond acceptors (Lipinski definition) is 2. The van der Waals surface area contributed by atoms with E-state index in [-0.39, 0.29) is 5.39 Å². The summed E-state index contributed by atoms with van der Waals surface area (Å²) in [5, 5.41) is 13.0. The summed E-state index contributed by atoms with van der Waals surface area (Å²) < 4.78 is 26.1. The minimum absolute atomic E-state index is 0.166. The fraction of sp³-hybridized carbons (Fsp3) is 0.0909. The van der Waals surface area contributed by atoms with Crippen molar-refractivity contribution in [2.24, 2.45) is 0 Å². The fourth-order valence-electron chi connectivity index (χ4n) is 1.56. The third kappa shape index (κ3) is 1.48. The monoisotopic (exact) mass is 209 g/mol. The molecule has 15 heavy (non-hydrogen) atoms. The number of phenols is 1. The number of nitrogens with one attached hydrogen (secondary N) is 1. The number of aromatic hydroxyl groups is 1. The predicted octanol–water partition coefficient (Wildman–Crippen LogP) is 2.87. The van der Waals surface area contributed by atoms with Gasteiger partial charge in [0, 0.05) is 23.5 Å². The molecule has 78 valence electrons. The van der Waals surface area contributed by atoms with Crippen LogP contribution in [0.25, 0.3) is 10.8 Å². The molecule has 0 spiro atoms. The number of hydrogen-bond donors (Lipinski definition) is 2. The Balaban J connectivity index is 2.89. The van der Waals surface area contributed by atoms with Gasteiger partial charge in [-0.2, -0.15) is 0 Å². The van der Waals surface area contributed by atoms with E-state index in [0.717, 1.165) is 12.1 Å². The average Bonchev–Trinajstić information content (AvgIpc) is 2.23. The van der Waals surface area contributed by atoms with Gasteiger partial charge in [0.05, 0.1) is 0 Å². The molecule has 2 aromatic carbocycles. The molecule has 2 N–H and O–H groups in total. The van der Waals surface area contributed by atoms with E-state index in [2.05, 4.69) is 5.32 Å². The molecule has 0 atom stereocenters. The maximum atomic E-state index is 13.1. The molecule has 0 saturated carbocycles. The van der Waals surface area contributed by atoms with Gasteiger partial charge in [0.2, 0.25) is 0 Å². The van der Waals surface area contributed by atoms with Gasteiger partial charge in [-0.3, -0.25) is 0 Å². The highest BCUT2D eigenvalue weighted by molar-refractivity contribution is 5.97. The van der Waals surface area contributed by atoms with Crippen molar-refractivity contribution in [3.63, 3.8) is 0 Å². The molecular formula is C11H9F2NO. The molecule has 0 saturated heterocycles. The summed E-state index contributed by atoms with van der Waals surface area (Å²) in [6.45, 7) is 0. The first-order valence-corrected chi connectivity index (χ1v) is 4.42. The summed E-state index contributed by atoms with van der Waals surface area (Å²) in [6.07, 6.45) is 0. The first-order chi connectivity index (χ1) is 7.13. The van der Waals surface area contributed by atoms with E-state index in [1.165, 1.54) is 12.1 Å². The summed E-state index contributed by atoms with van der Waals surface area (Å²) in [6, 6.07) is 5.04. The van der Waals surface area contributed by atoms with Crippen LogP contribution >= 0.6 is 0 Å². The van der Waals surface area contributed by atoms with Crippen molar-refractivity contribution in [3.8, 4) is 5.75 Å². The van der Waals surface area contributed by atoms with Crippen LogP contribution in [0.2, 0.25) is 0 Å². The molecule has 0 amide bonds. The Kier molecular flexibility index (Phi) is 2.19. The summed E-state index contributed by atoms with van der Waals surface area (Å²) in [7, 11) is 1.63. The summed E-state index contributed by atoms with van der Waals surface area (Å²) in [5.74, 6) is -1.80. The van der Waals surface area contributed by atoms with Crippen LogP contribution < -0.4 is 5.32 Å². The molecule has 2 rings (SSSR count). The zero-order valence-electron chi connectivity index (χ0n) is 8.01. The van der Waals surface area contributed by atoms with Gasteiger partial charge in [0.25, 0.3) is 0 Å². The summed E-state index contributed by atoms with van der Waals surface area (Å²) in [4.78, 5) is 0. The Morgan fingerprint density at radius 1 is 1.13 bits per heavy atom. The molecule has 4 heteroatoms. The number of fused-ring (bicyclic) bond motifs is 1. The smallest absolute Gasteiger partial charge is 0.165 e. The number of halogens is 2. The highest BCUT2D eigenvalue weighted by atomic mass is 19.1. The average molecular weight is 209 g/mol. The lowest BCUT2D eigenvalue weighted by Crippen LogP contribution is -1.92. The van der Waals surface area contributed by atoms with Crippen molar-refractivity contribution < 1.29 is 13.9 Å². The minimum Gasteiger partial charge on any atom is -0.504 e. The van der Waals surface area contributed by atoms with E-state index in [1.54, 1.807) is 7.05 Å². The van der Waals surface area contributed by atoms with Crippen LogP contribution in [0.1, 0.15) is 0 Å². The van der Waals surface area contributed by atoms with E-state index in [9.17, 15) is 13.9 Å². The summed E-state index contributed by atoms with van der Waals surface area (Å²) in [5.41, 5.74) is 0.514. The van der Waals surface area contributed by atoms with Gasteiger partial charge in [-0.1, -0.05) is 0 Å². The van der Waals surface area contributed by atoms with E-state index in [4.69, 9.17) is 0 Å². The SMILES string of the molecule is CNc1cc(F)cc2c(O)c(F)ccc12. The molecule has 0 bridgehead atoms. The second kappa shape index (κ2) is 3.38. The Bertz CT molecular complexity index is 525. The van der Waals surface area contributed by atoms with Crippen LogP contribution in [-0.2, 0) is 0 Å². The maximum absolute atomic E-state index is 13.1. The lowest BCUT2D eigenvalue weighted by atomic mass is 10.1. The van der Waals surface area contributed by atoms with Gasteiger partial charge in [-0.25, -0.2) is 8.78 Å². The summed E-state index contributed by atoms with van der Waals surface area (Å²) >= 11 is 0. The Morgan fingerprint density at radius 3 is 2.53 bits per heavy atom. The zero-order valence-corrected chi connectivity index (χ0v) is 8.01. The van der Waals surface area contributed by atoms with E-state index >= 15 is 0 Å². The van der Waals surface area contributed by atoms with Crippen LogP contribution in [0.5, 0.6) is 5.75 Å². The molecular weight excluding hydrogens is 200 g/mol. The normalized spacial score (nSPS) is 10.6. The van der Waals surface area contributed by atoms with Gasteiger partial charge in [-0.15, -0.1) is 0 Å². The number of rotatable bonds is 1. The quantitative estimate of drug-likeness (QED) is 0.756. The highest BCUT2D eigenvalue weighted by Crippen LogP contribution is 2.32. The Hall–Kier alpha value is -1.84. The predicted molar refractivity (Wildman–Crippen MR) is 55.1 cm³/mol. The van der Waals surface area contributed by atoms with Gasteiger partial charge in [-0.05, 0) is 24.3 Å². The second-order valence-corrected chi connectivity index (χ2v) is 3.19.